The number of hydrogen-bond donors (Lipinski definition) is 0. The van der Waals surface area contributed by atoms with Gasteiger partial charge in [-0.05, 0) is 24.3 Å². The molecular formula is C13H14N2O2S. The Morgan fingerprint density at radius 3 is 2.67 bits per heavy atom. The van der Waals surface area contributed by atoms with Crippen LogP contribution in [0.3, 0.4) is 0 Å². The van der Waals surface area contributed by atoms with Gasteiger partial charge in [-0.2, -0.15) is 5.10 Å². The molecule has 18 heavy (non-hydrogen) atoms. The molecule has 2 aromatic rings. The maximum atomic E-state index is 11.9. The standard InChI is InChI=1S/C13H14N2O2S/c1-15-8-12(7-14-15)18-9-13(16)10-3-5-11(17-2)6-4-10/h3-8H,9H2,1-2H3. The maximum absolute atomic E-state index is 11.9. The molecule has 0 radical (unpaired) electrons. The number of aromatic nitrogens is 2. The van der Waals surface area contributed by atoms with Crippen LogP contribution in [0.15, 0.2) is 41.6 Å². The summed E-state index contributed by atoms with van der Waals surface area (Å²) in [5.74, 6) is 1.27. The first-order chi connectivity index (χ1) is 8.69. The predicted octanol–water partition coefficient (Wildman–Crippen LogP) is 2.40. The lowest BCUT2D eigenvalue weighted by molar-refractivity contribution is 0.102. The van der Waals surface area contributed by atoms with E-state index < -0.39 is 0 Å². The fraction of sp³-hybridized carbons (Fsp3) is 0.231. The van der Waals surface area contributed by atoms with Crippen LogP contribution < -0.4 is 4.74 Å². The Hall–Kier alpha value is -1.75. The van der Waals surface area contributed by atoms with Crippen LogP contribution in [0.4, 0.5) is 0 Å². The molecule has 5 heteroatoms. The minimum Gasteiger partial charge on any atom is -0.497 e. The monoisotopic (exact) mass is 262 g/mol. The molecule has 4 nitrogen and oxygen atoms in total. The second kappa shape index (κ2) is 5.73. The maximum Gasteiger partial charge on any atom is 0.173 e. The van der Waals surface area contributed by atoms with Crippen molar-refractivity contribution in [3.05, 3.63) is 42.2 Å². The molecule has 94 valence electrons. The normalized spacial score (nSPS) is 10.3. The van der Waals surface area contributed by atoms with Crippen molar-refractivity contribution >= 4 is 17.5 Å². The minimum atomic E-state index is 0.103. The first-order valence-electron chi connectivity index (χ1n) is 5.48. The number of rotatable bonds is 5. The Labute approximate surface area is 110 Å². The van der Waals surface area contributed by atoms with Gasteiger partial charge in [0.2, 0.25) is 0 Å². The number of methoxy groups -OCH3 is 1. The summed E-state index contributed by atoms with van der Waals surface area (Å²) in [5, 5.41) is 4.06. The average Bonchev–Trinajstić information content (AvgIpc) is 2.82. The molecule has 0 N–H and O–H groups in total. The number of benzene rings is 1. The lowest BCUT2D eigenvalue weighted by Crippen LogP contribution is -2.01. The van der Waals surface area contributed by atoms with Gasteiger partial charge in [-0.3, -0.25) is 9.48 Å². The summed E-state index contributed by atoms with van der Waals surface area (Å²) in [5.41, 5.74) is 0.701. The lowest BCUT2D eigenvalue weighted by Gasteiger charge is -2.02. The second-order valence-corrected chi connectivity index (χ2v) is 4.84. The molecule has 0 aliphatic carbocycles. The minimum absolute atomic E-state index is 0.103. The van der Waals surface area contributed by atoms with E-state index >= 15 is 0 Å². The third-order valence-corrected chi connectivity index (χ3v) is 3.41. The third kappa shape index (κ3) is 3.13. The molecule has 2 rings (SSSR count). The molecular weight excluding hydrogens is 248 g/mol. The molecule has 0 saturated carbocycles. The van der Waals surface area contributed by atoms with Gasteiger partial charge < -0.3 is 4.74 Å². The van der Waals surface area contributed by atoms with Crippen LogP contribution in [0.25, 0.3) is 0 Å². The molecule has 0 spiro atoms. The number of aryl methyl sites for hydroxylation is 1. The van der Waals surface area contributed by atoms with Gasteiger partial charge in [0.1, 0.15) is 5.75 Å². The van der Waals surface area contributed by atoms with Gasteiger partial charge in [0.05, 0.1) is 19.1 Å². The number of carbonyl (C=O) groups excluding carboxylic acids is 1. The van der Waals surface area contributed by atoms with Crippen LogP contribution in [0.1, 0.15) is 10.4 Å². The van der Waals surface area contributed by atoms with Gasteiger partial charge in [-0.1, -0.05) is 0 Å². The van der Waals surface area contributed by atoms with Gasteiger partial charge >= 0.3 is 0 Å². The average molecular weight is 262 g/mol. The van der Waals surface area contributed by atoms with Gasteiger partial charge in [0, 0.05) is 23.7 Å². The first kappa shape index (κ1) is 12.7. The highest BCUT2D eigenvalue weighted by atomic mass is 32.2. The summed E-state index contributed by atoms with van der Waals surface area (Å²) < 4.78 is 6.78. The fourth-order valence-corrected chi connectivity index (χ4v) is 2.30. The molecule has 0 atom stereocenters. The van der Waals surface area contributed by atoms with E-state index in [2.05, 4.69) is 5.10 Å². The highest BCUT2D eigenvalue weighted by Crippen LogP contribution is 2.19. The van der Waals surface area contributed by atoms with Gasteiger partial charge in [-0.15, -0.1) is 11.8 Å². The molecule has 0 aliphatic rings. The Morgan fingerprint density at radius 2 is 2.11 bits per heavy atom. The third-order valence-electron chi connectivity index (χ3n) is 2.46. The topological polar surface area (TPSA) is 44.1 Å². The molecule has 0 bridgehead atoms. The van der Waals surface area contributed by atoms with E-state index in [0.717, 1.165) is 10.6 Å². The van der Waals surface area contributed by atoms with Crippen molar-refractivity contribution in [2.75, 3.05) is 12.9 Å². The number of nitrogens with zero attached hydrogens (tertiary/aromatic N) is 2. The summed E-state index contributed by atoms with van der Waals surface area (Å²) >= 11 is 1.49. The summed E-state index contributed by atoms with van der Waals surface area (Å²) in [6, 6.07) is 7.15. The van der Waals surface area contributed by atoms with Crippen LogP contribution in [0.2, 0.25) is 0 Å². The van der Waals surface area contributed by atoms with E-state index in [-0.39, 0.29) is 5.78 Å². The molecule has 0 unspecified atom stereocenters. The zero-order valence-corrected chi connectivity index (χ0v) is 11.1. The zero-order chi connectivity index (χ0) is 13.0. The molecule has 1 heterocycles. The molecule has 0 aliphatic heterocycles. The van der Waals surface area contributed by atoms with Crippen molar-refractivity contribution in [1.29, 1.82) is 0 Å². The summed E-state index contributed by atoms with van der Waals surface area (Å²) in [4.78, 5) is 12.9. The number of Topliss-reactive ketones (excluding diaryl/α,β-unsaturated/α-hetero) is 1. The van der Waals surface area contributed by atoms with E-state index in [1.807, 2.05) is 13.2 Å². The van der Waals surface area contributed by atoms with Crippen LogP contribution in [0, 0.1) is 0 Å². The van der Waals surface area contributed by atoms with Crippen molar-refractivity contribution in [3.63, 3.8) is 0 Å². The molecule has 0 amide bonds. The van der Waals surface area contributed by atoms with E-state index in [0.29, 0.717) is 11.3 Å². The van der Waals surface area contributed by atoms with Crippen LogP contribution >= 0.6 is 11.8 Å². The van der Waals surface area contributed by atoms with E-state index in [4.69, 9.17) is 4.74 Å². The molecule has 1 aromatic carbocycles. The lowest BCUT2D eigenvalue weighted by atomic mass is 10.1. The van der Waals surface area contributed by atoms with Crippen molar-refractivity contribution in [1.82, 2.24) is 9.78 Å². The van der Waals surface area contributed by atoms with Crippen LogP contribution in [-0.2, 0) is 7.05 Å². The Bertz CT molecular complexity index is 534. The smallest absolute Gasteiger partial charge is 0.173 e. The first-order valence-corrected chi connectivity index (χ1v) is 6.46. The Balaban J connectivity index is 1.94. The highest BCUT2D eigenvalue weighted by molar-refractivity contribution is 8.00. The van der Waals surface area contributed by atoms with Gasteiger partial charge in [0.15, 0.2) is 5.78 Å². The molecule has 0 saturated heterocycles. The number of ketones is 1. The van der Waals surface area contributed by atoms with Crippen molar-refractivity contribution < 1.29 is 9.53 Å². The van der Waals surface area contributed by atoms with E-state index in [1.54, 1.807) is 42.3 Å². The SMILES string of the molecule is COc1ccc(C(=O)CSc2cnn(C)c2)cc1. The summed E-state index contributed by atoms with van der Waals surface area (Å²) in [7, 11) is 3.46. The quantitative estimate of drug-likeness (QED) is 0.613. The number of thioether (sulfide) groups is 1. The number of carbonyl (C=O) groups is 1. The fourth-order valence-electron chi connectivity index (χ4n) is 1.48. The van der Waals surface area contributed by atoms with Gasteiger partial charge in [0.25, 0.3) is 0 Å². The van der Waals surface area contributed by atoms with Crippen LogP contribution in [-0.4, -0.2) is 28.4 Å². The van der Waals surface area contributed by atoms with Crippen molar-refractivity contribution in [2.45, 2.75) is 4.90 Å². The molecule has 0 fully saturated rings. The molecule has 1 aromatic heterocycles. The largest absolute Gasteiger partial charge is 0.497 e. The highest BCUT2D eigenvalue weighted by Gasteiger charge is 2.07. The summed E-state index contributed by atoms with van der Waals surface area (Å²) in [6.45, 7) is 0. The number of ether oxygens (including phenoxy) is 1. The van der Waals surface area contributed by atoms with Crippen molar-refractivity contribution in [3.8, 4) is 5.75 Å². The van der Waals surface area contributed by atoms with E-state index in [1.165, 1.54) is 11.8 Å². The zero-order valence-electron chi connectivity index (χ0n) is 10.3. The second-order valence-electron chi connectivity index (χ2n) is 3.79. The number of hydrogen-bond acceptors (Lipinski definition) is 4. The Kier molecular flexibility index (Phi) is 4.04. The van der Waals surface area contributed by atoms with E-state index in [9.17, 15) is 4.79 Å². The predicted molar refractivity (Wildman–Crippen MR) is 71.3 cm³/mol. The summed E-state index contributed by atoms with van der Waals surface area (Å²) in [6.07, 6.45) is 3.65. The van der Waals surface area contributed by atoms with Gasteiger partial charge in [-0.25, -0.2) is 0 Å². The Morgan fingerprint density at radius 1 is 1.39 bits per heavy atom. The van der Waals surface area contributed by atoms with Crippen LogP contribution in [0.5, 0.6) is 5.75 Å². The van der Waals surface area contributed by atoms with Crippen molar-refractivity contribution in [2.24, 2.45) is 7.05 Å².